The first-order valence-corrected chi connectivity index (χ1v) is 7.98. The van der Waals surface area contributed by atoms with Crippen LogP contribution in [-0.2, 0) is 14.8 Å². The Labute approximate surface area is 122 Å². The monoisotopic (exact) mass is 318 g/mol. The maximum absolute atomic E-state index is 12.5. The second-order valence-electron chi connectivity index (χ2n) is 4.20. The number of hydrogen-bond donors (Lipinski definition) is 1. The Kier molecular flexibility index (Phi) is 4.22. The molecule has 0 saturated carbocycles. The van der Waals surface area contributed by atoms with E-state index in [1.807, 2.05) is 0 Å². The fraction of sp³-hybridized carbons (Fsp3) is 0.417. The van der Waals surface area contributed by atoms with Crippen molar-refractivity contribution in [2.45, 2.75) is 18.7 Å². The van der Waals surface area contributed by atoms with Gasteiger partial charge in [-0.05, 0) is 6.07 Å². The van der Waals surface area contributed by atoms with Crippen LogP contribution in [0.15, 0.2) is 17.0 Å². The molecule has 1 aliphatic rings. The molecule has 20 heavy (non-hydrogen) atoms. The highest BCUT2D eigenvalue weighted by molar-refractivity contribution is 7.89. The minimum atomic E-state index is -3.67. The van der Waals surface area contributed by atoms with Gasteiger partial charge < -0.3 is 10.1 Å². The average Bonchev–Trinajstić information content (AvgIpc) is 2.38. The molecule has 0 fully saturated rings. The van der Waals surface area contributed by atoms with Crippen LogP contribution in [-0.4, -0.2) is 38.3 Å². The van der Waals surface area contributed by atoms with Crippen LogP contribution in [0.1, 0.15) is 13.8 Å². The SMILES string of the molecule is CCN(CC)S(=O)(=O)c1cc2c(cc1Cl)NC(=O)CO2. The Morgan fingerprint density at radius 3 is 2.60 bits per heavy atom. The Morgan fingerprint density at radius 1 is 1.35 bits per heavy atom. The summed E-state index contributed by atoms with van der Waals surface area (Å²) in [6.45, 7) is 4.07. The third-order valence-corrected chi connectivity index (χ3v) is 5.50. The van der Waals surface area contributed by atoms with E-state index in [1.165, 1.54) is 16.4 Å². The van der Waals surface area contributed by atoms with E-state index in [-0.39, 0.29) is 22.4 Å². The number of benzene rings is 1. The van der Waals surface area contributed by atoms with Crippen molar-refractivity contribution >= 4 is 33.2 Å². The lowest BCUT2D eigenvalue weighted by molar-refractivity contribution is -0.118. The standard InChI is InChI=1S/C12H15ClN2O4S/c1-3-15(4-2)20(17,18)11-6-10-9(5-8(11)13)14-12(16)7-19-10/h5-6H,3-4,7H2,1-2H3,(H,14,16). The van der Waals surface area contributed by atoms with Gasteiger partial charge in [0.15, 0.2) is 6.61 Å². The van der Waals surface area contributed by atoms with Crippen molar-refractivity contribution in [3.05, 3.63) is 17.2 Å². The topological polar surface area (TPSA) is 75.7 Å². The molecule has 0 unspecified atom stereocenters. The Balaban J connectivity index is 2.51. The van der Waals surface area contributed by atoms with Gasteiger partial charge in [0.1, 0.15) is 10.6 Å². The van der Waals surface area contributed by atoms with Crippen LogP contribution >= 0.6 is 11.6 Å². The molecule has 6 nitrogen and oxygen atoms in total. The molecule has 0 atom stereocenters. The van der Waals surface area contributed by atoms with Gasteiger partial charge in [0.05, 0.1) is 10.7 Å². The van der Waals surface area contributed by atoms with Crippen LogP contribution in [0.5, 0.6) is 5.75 Å². The number of nitrogens with one attached hydrogen (secondary N) is 1. The number of halogens is 1. The molecule has 0 radical (unpaired) electrons. The molecule has 2 rings (SSSR count). The molecule has 1 heterocycles. The average molecular weight is 319 g/mol. The highest BCUT2D eigenvalue weighted by atomic mass is 35.5. The predicted molar refractivity (Wildman–Crippen MR) is 75.7 cm³/mol. The van der Waals surface area contributed by atoms with Gasteiger partial charge in [0, 0.05) is 19.2 Å². The van der Waals surface area contributed by atoms with E-state index in [4.69, 9.17) is 16.3 Å². The molecule has 1 aromatic rings. The summed E-state index contributed by atoms with van der Waals surface area (Å²) in [5.41, 5.74) is 0.379. The fourth-order valence-corrected chi connectivity index (χ4v) is 3.96. The maximum atomic E-state index is 12.5. The van der Waals surface area contributed by atoms with E-state index in [0.29, 0.717) is 24.5 Å². The minimum Gasteiger partial charge on any atom is -0.482 e. The van der Waals surface area contributed by atoms with Crippen LogP contribution in [0, 0.1) is 0 Å². The molecule has 1 N–H and O–H groups in total. The zero-order chi connectivity index (χ0) is 14.9. The zero-order valence-electron chi connectivity index (χ0n) is 11.1. The molecule has 0 aliphatic carbocycles. The molecule has 110 valence electrons. The number of ether oxygens (including phenoxy) is 1. The summed E-state index contributed by atoms with van der Waals surface area (Å²) in [6.07, 6.45) is 0. The van der Waals surface area contributed by atoms with E-state index in [0.717, 1.165) is 0 Å². The highest BCUT2D eigenvalue weighted by Gasteiger charge is 2.27. The number of carbonyl (C=O) groups excluding carboxylic acids is 1. The molecule has 0 bridgehead atoms. The molecular weight excluding hydrogens is 304 g/mol. The Bertz CT molecular complexity index is 641. The van der Waals surface area contributed by atoms with Gasteiger partial charge in [-0.25, -0.2) is 8.42 Å². The van der Waals surface area contributed by atoms with Gasteiger partial charge in [0.25, 0.3) is 5.91 Å². The van der Waals surface area contributed by atoms with Crippen molar-refractivity contribution in [2.75, 3.05) is 25.0 Å². The summed E-state index contributed by atoms with van der Waals surface area (Å²) in [7, 11) is -3.67. The number of rotatable bonds is 4. The van der Waals surface area contributed by atoms with Gasteiger partial charge in [-0.3, -0.25) is 4.79 Å². The normalized spacial score (nSPS) is 14.7. The van der Waals surface area contributed by atoms with Crippen LogP contribution < -0.4 is 10.1 Å². The van der Waals surface area contributed by atoms with Crippen molar-refractivity contribution in [1.82, 2.24) is 4.31 Å². The Morgan fingerprint density at radius 2 is 2.00 bits per heavy atom. The van der Waals surface area contributed by atoms with Gasteiger partial charge in [0.2, 0.25) is 10.0 Å². The number of carbonyl (C=O) groups is 1. The summed E-state index contributed by atoms with van der Waals surface area (Å²) in [5, 5.41) is 2.64. The summed E-state index contributed by atoms with van der Waals surface area (Å²) < 4.78 is 31.5. The van der Waals surface area contributed by atoms with Gasteiger partial charge in [-0.15, -0.1) is 0 Å². The van der Waals surface area contributed by atoms with E-state index < -0.39 is 10.0 Å². The Hall–Kier alpha value is -1.31. The first-order chi connectivity index (χ1) is 9.40. The third-order valence-electron chi connectivity index (χ3n) is 2.99. The van der Waals surface area contributed by atoms with Crippen molar-refractivity contribution in [3.8, 4) is 5.75 Å². The first kappa shape index (κ1) is 15.1. The number of hydrogen-bond acceptors (Lipinski definition) is 4. The highest BCUT2D eigenvalue weighted by Crippen LogP contribution is 2.36. The second-order valence-corrected chi connectivity index (χ2v) is 6.52. The lowest BCUT2D eigenvalue weighted by Crippen LogP contribution is -2.31. The van der Waals surface area contributed by atoms with Crippen LogP contribution in [0.3, 0.4) is 0 Å². The molecule has 1 aromatic carbocycles. The second kappa shape index (κ2) is 5.59. The van der Waals surface area contributed by atoms with E-state index in [9.17, 15) is 13.2 Å². The van der Waals surface area contributed by atoms with E-state index in [1.54, 1.807) is 13.8 Å². The van der Waals surface area contributed by atoms with Crippen molar-refractivity contribution in [1.29, 1.82) is 0 Å². The number of sulfonamides is 1. The van der Waals surface area contributed by atoms with Crippen LogP contribution in [0.2, 0.25) is 5.02 Å². The smallest absolute Gasteiger partial charge is 0.262 e. The van der Waals surface area contributed by atoms with Crippen molar-refractivity contribution < 1.29 is 17.9 Å². The minimum absolute atomic E-state index is 0.0160. The summed E-state index contributed by atoms with van der Waals surface area (Å²) in [5.74, 6) is 0.00708. The lowest BCUT2D eigenvalue weighted by Gasteiger charge is -2.22. The molecule has 1 amide bonds. The van der Waals surface area contributed by atoms with E-state index in [2.05, 4.69) is 5.32 Å². The van der Waals surface area contributed by atoms with Crippen LogP contribution in [0.4, 0.5) is 5.69 Å². The number of amides is 1. The van der Waals surface area contributed by atoms with Crippen LogP contribution in [0.25, 0.3) is 0 Å². The molecular formula is C12H15ClN2O4S. The molecule has 8 heteroatoms. The first-order valence-electron chi connectivity index (χ1n) is 6.16. The summed E-state index contributed by atoms with van der Waals surface area (Å²) in [4.78, 5) is 11.2. The molecule has 1 aliphatic heterocycles. The number of nitrogens with zero attached hydrogens (tertiary/aromatic N) is 1. The third kappa shape index (κ3) is 2.61. The lowest BCUT2D eigenvalue weighted by atomic mass is 10.2. The summed E-state index contributed by atoms with van der Waals surface area (Å²) in [6, 6.07) is 2.75. The molecule has 0 spiro atoms. The molecule has 0 saturated heterocycles. The van der Waals surface area contributed by atoms with Gasteiger partial charge >= 0.3 is 0 Å². The zero-order valence-corrected chi connectivity index (χ0v) is 12.7. The van der Waals surface area contributed by atoms with Crippen molar-refractivity contribution in [2.24, 2.45) is 0 Å². The van der Waals surface area contributed by atoms with E-state index >= 15 is 0 Å². The largest absolute Gasteiger partial charge is 0.482 e. The fourth-order valence-electron chi connectivity index (χ4n) is 1.98. The van der Waals surface area contributed by atoms with Crippen molar-refractivity contribution in [3.63, 3.8) is 0 Å². The summed E-state index contributed by atoms with van der Waals surface area (Å²) >= 11 is 6.04. The number of anilines is 1. The predicted octanol–water partition coefficient (Wildman–Crippen LogP) is 1.70. The number of fused-ring (bicyclic) bond motifs is 1. The maximum Gasteiger partial charge on any atom is 0.262 e. The van der Waals surface area contributed by atoms with Gasteiger partial charge in [-0.1, -0.05) is 25.4 Å². The molecule has 0 aromatic heterocycles. The quantitative estimate of drug-likeness (QED) is 0.917. The van der Waals surface area contributed by atoms with Gasteiger partial charge in [-0.2, -0.15) is 4.31 Å².